The summed E-state index contributed by atoms with van der Waals surface area (Å²) in [5, 5.41) is 0. The number of hydrogen-bond donors (Lipinski definition) is 0. The highest BCUT2D eigenvalue weighted by Crippen LogP contribution is 2.30. The molecule has 1 saturated heterocycles. The van der Waals surface area contributed by atoms with E-state index in [1.54, 1.807) is 12.1 Å². The number of nitrogens with zero attached hydrogens (tertiary/aromatic N) is 3. The van der Waals surface area contributed by atoms with E-state index >= 15 is 0 Å². The van der Waals surface area contributed by atoms with Crippen LogP contribution < -0.4 is 4.90 Å². The molecule has 0 unspecified atom stereocenters. The first kappa shape index (κ1) is 21.2. The lowest BCUT2D eigenvalue weighted by molar-refractivity contribution is 0.0664. The van der Waals surface area contributed by atoms with Gasteiger partial charge in [0.2, 0.25) is 0 Å². The molecule has 2 aliphatic rings. The molecule has 4 rings (SSSR count). The Balaban J connectivity index is 1.63. The highest BCUT2D eigenvalue weighted by molar-refractivity contribution is 7.91. The maximum Gasteiger partial charge on any atom is 0.261 e. The normalized spacial score (nSPS) is 16.7. The van der Waals surface area contributed by atoms with Crippen molar-refractivity contribution in [3.63, 3.8) is 0 Å². The summed E-state index contributed by atoms with van der Waals surface area (Å²) >= 11 is 0. The maximum absolute atomic E-state index is 15.0. The second-order valence-electron chi connectivity index (χ2n) is 6.91. The van der Waals surface area contributed by atoms with Crippen LogP contribution in [0.5, 0.6) is 0 Å². The van der Waals surface area contributed by atoms with Crippen LogP contribution in [0.25, 0.3) is 0 Å². The fourth-order valence-electron chi connectivity index (χ4n) is 3.50. The standard InChI is InChI=1S/C19H16F3N3O5S/c20-13-15(14(21)17(23-16(13)22)24-5-8-30-9-6-24)31(28,29)10-7-25-18(26)11-3-1-2-4-12(11)19(25)27/h1-4H,5-10H2. The van der Waals surface area contributed by atoms with Gasteiger partial charge in [-0.1, -0.05) is 12.1 Å². The lowest BCUT2D eigenvalue weighted by Crippen LogP contribution is -2.38. The van der Waals surface area contributed by atoms with Crippen molar-refractivity contribution in [2.75, 3.05) is 43.5 Å². The summed E-state index contributed by atoms with van der Waals surface area (Å²) in [5.74, 6) is -8.29. The molecule has 0 aliphatic carbocycles. The number of anilines is 1. The van der Waals surface area contributed by atoms with E-state index in [4.69, 9.17) is 4.74 Å². The molecule has 1 fully saturated rings. The zero-order valence-corrected chi connectivity index (χ0v) is 16.8. The van der Waals surface area contributed by atoms with Crippen LogP contribution in [0.2, 0.25) is 0 Å². The molecular formula is C19H16F3N3O5S. The summed E-state index contributed by atoms with van der Waals surface area (Å²) in [5.41, 5.74) is 0.207. The fourth-order valence-corrected chi connectivity index (χ4v) is 4.84. The number of amides is 2. The van der Waals surface area contributed by atoms with E-state index in [1.165, 1.54) is 17.0 Å². The molecule has 2 amide bonds. The van der Waals surface area contributed by atoms with Crippen molar-refractivity contribution in [3.8, 4) is 0 Å². The zero-order valence-electron chi connectivity index (χ0n) is 16.0. The van der Waals surface area contributed by atoms with Gasteiger partial charge in [-0.05, 0) is 12.1 Å². The van der Waals surface area contributed by atoms with Gasteiger partial charge >= 0.3 is 0 Å². The largest absolute Gasteiger partial charge is 0.378 e. The zero-order chi connectivity index (χ0) is 22.3. The molecular weight excluding hydrogens is 439 g/mol. The molecule has 0 spiro atoms. The molecule has 0 atom stereocenters. The number of morpholine rings is 1. The number of rotatable bonds is 5. The van der Waals surface area contributed by atoms with E-state index < -0.39 is 62.2 Å². The van der Waals surface area contributed by atoms with Crippen LogP contribution in [-0.2, 0) is 14.6 Å². The monoisotopic (exact) mass is 455 g/mol. The minimum absolute atomic E-state index is 0.104. The summed E-state index contributed by atoms with van der Waals surface area (Å²) < 4.78 is 73.9. The molecule has 164 valence electrons. The second kappa shape index (κ2) is 7.93. The van der Waals surface area contributed by atoms with Gasteiger partial charge in [0.15, 0.2) is 27.3 Å². The average Bonchev–Trinajstić information content (AvgIpc) is 3.00. The smallest absolute Gasteiger partial charge is 0.261 e. The van der Waals surface area contributed by atoms with E-state index in [-0.39, 0.29) is 37.4 Å². The van der Waals surface area contributed by atoms with Crippen molar-refractivity contribution in [2.24, 2.45) is 0 Å². The summed E-state index contributed by atoms with van der Waals surface area (Å²) in [6.45, 7) is -0.0543. The molecule has 8 nitrogen and oxygen atoms in total. The first-order valence-corrected chi connectivity index (χ1v) is 10.9. The van der Waals surface area contributed by atoms with Gasteiger partial charge in [-0.15, -0.1) is 0 Å². The number of benzene rings is 1. The predicted octanol–water partition coefficient (Wildman–Crippen LogP) is 1.41. The average molecular weight is 455 g/mol. The van der Waals surface area contributed by atoms with Gasteiger partial charge in [0, 0.05) is 19.6 Å². The number of aromatic nitrogens is 1. The molecule has 0 radical (unpaired) electrons. The molecule has 0 saturated carbocycles. The number of hydrogen-bond acceptors (Lipinski definition) is 7. The van der Waals surface area contributed by atoms with E-state index in [0.29, 0.717) is 4.90 Å². The number of sulfone groups is 1. The van der Waals surface area contributed by atoms with Crippen molar-refractivity contribution in [3.05, 3.63) is 53.0 Å². The van der Waals surface area contributed by atoms with Gasteiger partial charge < -0.3 is 9.64 Å². The van der Waals surface area contributed by atoms with Gasteiger partial charge in [-0.3, -0.25) is 14.5 Å². The number of ether oxygens (including phenoxy) is 1. The molecule has 2 aliphatic heterocycles. The maximum atomic E-state index is 15.0. The first-order valence-electron chi connectivity index (χ1n) is 9.27. The van der Waals surface area contributed by atoms with Gasteiger partial charge in [-0.25, -0.2) is 17.2 Å². The van der Waals surface area contributed by atoms with Gasteiger partial charge in [0.1, 0.15) is 4.90 Å². The van der Waals surface area contributed by atoms with Gasteiger partial charge in [-0.2, -0.15) is 9.37 Å². The van der Waals surface area contributed by atoms with Crippen molar-refractivity contribution in [1.82, 2.24) is 9.88 Å². The third-order valence-corrected chi connectivity index (χ3v) is 6.76. The van der Waals surface area contributed by atoms with Crippen LogP contribution in [-0.4, -0.2) is 68.7 Å². The Morgan fingerprint density at radius 2 is 1.55 bits per heavy atom. The number of fused-ring (bicyclic) bond motifs is 1. The lowest BCUT2D eigenvalue weighted by Gasteiger charge is -2.28. The Morgan fingerprint density at radius 3 is 2.13 bits per heavy atom. The van der Waals surface area contributed by atoms with Crippen LogP contribution in [0, 0.1) is 17.6 Å². The molecule has 0 N–H and O–H groups in total. The van der Waals surface area contributed by atoms with E-state index in [1.807, 2.05) is 0 Å². The number of carbonyl (C=O) groups is 2. The van der Waals surface area contributed by atoms with Crippen LogP contribution in [0.3, 0.4) is 0 Å². The van der Waals surface area contributed by atoms with Crippen LogP contribution in [0.1, 0.15) is 20.7 Å². The summed E-state index contributed by atoms with van der Waals surface area (Å²) in [6.07, 6.45) is 0. The molecule has 12 heteroatoms. The number of imide groups is 1. The Kier molecular flexibility index (Phi) is 5.43. The molecule has 1 aromatic heterocycles. The minimum Gasteiger partial charge on any atom is -0.378 e. The van der Waals surface area contributed by atoms with Crippen LogP contribution >= 0.6 is 0 Å². The Hall–Kier alpha value is -2.99. The molecule has 1 aromatic carbocycles. The Labute approximate surface area is 175 Å². The van der Waals surface area contributed by atoms with Crippen LogP contribution in [0.4, 0.5) is 19.0 Å². The third kappa shape index (κ3) is 3.65. The van der Waals surface area contributed by atoms with Crippen molar-refractivity contribution >= 4 is 27.5 Å². The van der Waals surface area contributed by atoms with Crippen molar-refractivity contribution in [1.29, 1.82) is 0 Å². The topological polar surface area (TPSA) is 96.9 Å². The number of carbonyl (C=O) groups excluding carboxylic acids is 2. The van der Waals surface area contributed by atoms with Gasteiger partial charge in [0.25, 0.3) is 17.8 Å². The highest BCUT2D eigenvalue weighted by atomic mass is 32.2. The summed E-state index contributed by atoms with van der Waals surface area (Å²) in [4.78, 5) is 28.5. The second-order valence-corrected chi connectivity index (χ2v) is 8.96. The third-order valence-electron chi connectivity index (χ3n) is 5.06. The minimum atomic E-state index is -4.76. The van der Waals surface area contributed by atoms with E-state index in [0.717, 1.165) is 0 Å². The predicted molar refractivity (Wildman–Crippen MR) is 101 cm³/mol. The SMILES string of the molecule is O=C1c2ccccc2C(=O)N1CCS(=O)(=O)c1c(F)c(F)nc(N2CCOCC2)c1F. The summed E-state index contributed by atoms with van der Waals surface area (Å²) in [6, 6.07) is 5.91. The van der Waals surface area contributed by atoms with Crippen LogP contribution in [0.15, 0.2) is 29.2 Å². The number of halogens is 3. The molecule has 2 aromatic rings. The molecule has 31 heavy (non-hydrogen) atoms. The number of pyridine rings is 1. The van der Waals surface area contributed by atoms with E-state index in [2.05, 4.69) is 4.98 Å². The molecule has 3 heterocycles. The first-order chi connectivity index (χ1) is 14.7. The van der Waals surface area contributed by atoms with E-state index in [9.17, 15) is 31.2 Å². The fraction of sp³-hybridized carbons (Fsp3) is 0.316. The Morgan fingerprint density at radius 1 is 0.968 bits per heavy atom. The quantitative estimate of drug-likeness (QED) is 0.497. The van der Waals surface area contributed by atoms with Crippen molar-refractivity contribution in [2.45, 2.75) is 4.90 Å². The summed E-state index contributed by atoms with van der Waals surface area (Å²) in [7, 11) is -4.76. The lowest BCUT2D eigenvalue weighted by atomic mass is 10.1. The van der Waals surface area contributed by atoms with Crippen molar-refractivity contribution < 1.29 is 35.9 Å². The van der Waals surface area contributed by atoms with Gasteiger partial charge in [0.05, 0.1) is 30.1 Å². The highest BCUT2D eigenvalue weighted by Gasteiger charge is 2.38. The Bertz CT molecular complexity index is 1150. The molecule has 0 bridgehead atoms.